The van der Waals surface area contributed by atoms with E-state index in [0.717, 1.165) is 48.0 Å². The van der Waals surface area contributed by atoms with Gasteiger partial charge in [0.05, 0.1) is 5.56 Å². The Balaban J connectivity index is 1.92. The molecule has 5 nitrogen and oxygen atoms in total. The topological polar surface area (TPSA) is 66.3 Å². The molecule has 1 aromatic carbocycles. The number of hydrogen-bond donors (Lipinski definition) is 1. The molecule has 1 N–H and O–H groups in total. The molecule has 1 amide bonds. The molecule has 3 aromatic rings. The number of benzene rings is 1. The highest BCUT2D eigenvalue weighted by Crippen LogP contribution is 2.37. The maximum Gasteiger partial charge on any atom is 0.257 e. The lowest BCUT2D eigenvalue weighted by Gasteiger charge is -2.26. The first-order chi connectivity index (χ1) is 13.4. The Morgan fingerprint density at radius 2 is 1.89 bits per heavy atom. The number of aromatic nitrogens is 1. The van der Waals surface area contributed by atoms with Gasteiger partial charge in [-0.3, -0.25) is 9.59 Å². The van der Waals surface area contributed by atoms with E-state index in [2.05, 4.69) is 25.8 Å². The molecule has 0 saturated carbocycles. The van der Waals surface area contributed by atoms with Crippen molar-refractivity contribution in [1.29, 1.82) is 0 Å². The number of piperidine rings is 1. The summed E-state index contributed by atoms with van der Waals surface area (Å²) in [4.78, 5) is 30.2. The molecule has 0 atom stereocenters. The van der Waals surface area contributed by atoms with Crippen molar-refractivity contribution in [3.63, 3.8) is 0 Å². The molecule has 0 radical (unpaired) electrons. The van der Waals surface area contributed by atoms with Crippen molar-refractivity contribution in [3.8, 4) is 11.1 Å². The predicted molar refractivity (Wildman–Crippen MR) is 111 cm³/mol. The monoisotopic (exact) mass is 378 g/mol. The van der Waals surface area contributed by atoms with E-state index in [1.807, 2.05) is 23.1 Å². The van der Waals surface area contributed by atoms with E-state index in [-0.39, 0.29) is 16.9 Å². The molecule has 1 fully saturated rings. The fourth-order valence-corrected chi connectivity index (χ4v) is 3.93. The van der Waals surface area contributed by atoms with Crippen LogP contribution in [-0.2, 0) is 5.41 Å². The highest BCUT2D eigenvalue weighted by Gasteiger charge is 2.27. The van der Waals surface area contributed by atoms with E-state index < -0.39 is 0 Å². The van der Waals surface area contributed by atoms with Crippen LogP contribution in [0.25, 0.3) is 22.1 Å². The average molecular weight is 378 g/mol. The number of rotatable bonds is 2. The van der Waals surface area contributed by atoms with Crippen molar-refractivity contribution in [2.75, 3.05) is 13.1 Å². The molecule has 4 rings (SSSR count). The van der Waals surface area contributed by atoms with Crippen LogP contribution in [0.5, 0.6) is 0 Å². The van der Waals surface area contributed by atoms with Crippen molar-refractivity contribution < 1.29 is 9.21 Å². The van der Waals surface area contributed by atoms with Gasteiger partial charge in [0.1, 0.15) is 11.8 Å². The molecule has 3 heterocycles. The molecule has 28 heavy (non-hydrogen) atoms. The maximum absolute atomic E-state index is 13.1. The van der Waals surface area contributed by atoms with Crippen molar-refractivity contribution >= 4 is 16.9 Å². The Kier molecular flexibility index (Phi) is 4.61. The molecular formula is C23H26N2O3. The van der Waals surface area contributed by atoms with Crippen molar-refractivity contribution in [1.82, 2.24) is 9.88 Å². The molecule has 1 aliphatic heterocycles. The van der Waals surface area contributed by atoms with Gasteiger partial charge in [-0.25, -0.2) is 0 Å². The quantitative estimate of drug-likeness (QED) is 0.702. The minimum atomic E-state index is -0.195. The Bertz CT molecular complexity index is 1080. The number of aromatic amines is 1. The van der Waals surface area contributed by atoms with Crippen molar-refractivity contribution in [2.45, 2.75) is 45.4 Å². The molecule has 0 unspecified atom stereocenters. The molecule has 0 bridgehead atoms. The van der Waals surface area contributed by atoms with Crippen LogP contribution < -0.4 is 5.56 Å². The summed E-state index contributed by atoms with van der Waals surface area (Å²) >= 11 is 0. The summed E-state index contributed by atoms with van der Waals surface area (Å²) in [5, 5.41) is 0.779. The van der Waals surface area contributed by atoms with E-state index in [1.165, 1.54) is 6.42 Å². The normalized spacial score (nSPS) is 15.2. The van der Waals surface area contributed by atoms with Gasteiger partial charge in [0.25, 0.3) is 11.5 Å². The SMILES string of the molecule is CC(C)(C)c1cc(-c2ccc[nH]c2=O)cc2c(C(=O)N3CCCCC3)coc12. The first kappa shape index (κ1) is 18.5. The van der Waals surface area contributed by atoms with Gasteiger partial charge in [-0.1, -0.05) is 20.8 Å². The number of likely N-dealkylation sites (tertiary alicyclic amines) is 1. The number of nitrogens with zero attached hydrogens (tertiary/aromatic N) is 1. The molecule has 5 heteroatoms. The number of H-pyrrole nitrogens is 1. The number of carbonyl (C=O) groups excluding carboxylic acids is 1. The van der Waals surface area contributed by atoms with E-state index in [9.17, 15) is 9.59 Å². The highest BCUT2D eigenvalue weighted by molar-refractivity contribution is 6.07. The Labute approximate surface area is 164 Å². The van der Waals surface area contributed by atoms with Gasteiger partial charge in [0.2, 0.25) is 0 Å². The minimum Gasteiger partial charge on any atom is -0.463 e. The van der Waals surface area contributed by atoms with Crippen molar-refractivity contribution in [2.24, 2.45) is 0 Å². The lowest BCUT2D eigenvalue weighted by atomic mass is 9.84. The van der Waals surface area contributed by atoms with Crippen LogP contribution in [0.4, 0.5) is 0 Å². The zero-order chi connectivity index (χ0) is 19.9. The summed E-state index contributed by atoms with van der Waals surface area (Å²) in [6.07, 6.45) is 6.46. The van der Waals surface area contributed by atoms with Gasteiger partial charge in [0.15, 0.2) is 0 Å². The Morgan fingerprint density at radius 3 is 2.57 bits per heavy atom. The number of furan rings is 1. The lowest BCUT2D eigenvalue weighted by Crippen LogP contribution is -2.35. The minimum absolute atomic E-state index is 0.0115. The van der Waals surface area contributed by atoms with E-state index in [4.69, 9.17) is 4.42 Å². The molecule has 1 saturated heterocycles. The first-order valence-corrected chi connectivity index (χ1v) is 9.89. The summed E-state index contributed by atoms with van der Waals surface area (Å²) in [5.41, 5.74) is 3.34. The van der Waals surface area contributed by atoms with Gasteiger partial charge in [-0.2, -0.15) is 0 Å². The van der Waals surface area contributed by atoms with Gasteiger partial charge >= 0.3 is 0 Å². The summed E-state index contributed by atoms with van der Waals surface area (Å²) in [6, 6.07) is 7.53. The molecule has 0 spiro atoms. The second-order valence-corrected chi connectivity index (χ2v) is 8.57. The third-order valence-corrected chi connectivity index (χ3v) is 5.48. The van der Waals surface area contributed by atoms with E-state index >= 15 is 0 Å². The van der Waals surface area contributed by atoms with Crippen LogP contribution in [0.15, 0.2) is 45.9 Å². The number of carbonyl (C=O) groups is 1. The summed E-state index contributed by atoms with van der Waals surface area (Å²) < 4.78 is 5.91. The lowest BCUT2D eigenvalue weighted by molar-refractivity contribution is 0.0725. The van der Waals surface area contributed by atoms with E-state index in [1.54, 1.807) is 18.5 Å². The zero-order valence-electron chi connectivity index (χ0n) is 16.7. The maximum atomic E-state index is 13.1. The number of nitrogens with one attached hydrogen (secondary N) is 1. The third kappa shape index (κ3) is 3.26. The highest BCUT2D eigenvalue weighted by atomic mass is 16.3. The zero-order valence-corrected chi connectivity index (χ0v) is 16.7. The second-order valence-electron chi connectivity index (χ2n) is 8.57. The molecule has 0 aliphatic carbocycles. The summed E-state index contributed by atoms with van der Waals surface area (Å²) in [7, 11) is 0. The fourth-order valence-electron chi connectivity index (χ4n) is 3.93. The predicted octanol–water partition coefficient (Wildman–Crippen LogP) is 4.71. The number of amides is 1. The van der Waals surface area contributed by atoms with Gasteiger partial charge in [-0.15, -0.1) is 0 Å². The van der Waals surface area contributed by atoms with Crippen LogP contribution in [0.2, 0.25) is 0 Å². The van der Waals surface area contributed by atoms with Crippen LogP contribution >= 0.6 is 0 Å². The van der Waals surface area contributed by atoms with Gasteiger partial charge in [0, 0.05) is 35.8 Å². The van der Waals surface area contributed by atoms with Crippen LogP contribution in [0.3, 0.4) is 0 Å². The van der Waals surface area contributed by atoms with Crippen LogP contribution in [0, 0.1) is 0 Å². The number of pyridine rings is 1. The molecule has 146 valence electrons. The first-order valence-electron chi connectivity index (χ1n) is 9.89. The van der Waals surface area contributed by atoms with Gasteiger partial charge < -0.3 is 14.3 Å². The number of fused-ring (bicyclic) bond motifs is 1. The van der Waals surface area contributed by atoms with E-state index in [0.29, 0.717) is 11.1 Å². The standard InChI is InChI=1S/C23H26N2O3/c1-23(2,3)19-13-15(16-8-7-9-24-21(16)26)12-17-18(14-28-20(17)19)22(27)25-10-5-4-6-11-25/h7-9,12-14H,4-6,10-11H2,1-3H3,(H,24,26). The smallest absolute Gasteiger partial charge is 0.257 e. The molecule has 2 aromatic heterocycles. The van der Waals surface area contributed by atoms with Crippen molar-refractivity contribution in [3.05, 3.63) is 58.2 Å². The van der Waals surface area contributed by atoms with Gasteiger partial charge in [-0.05, 0) is 54.5 Å². The Morgan fingerprint density at radius 1 is 1.14 bits per heavy atom. The Hall–Kier alpha value is -2.82. The van der Waals surface area contributed by atoms with Crippen LogP contribution in [0.1, 0.15) is 56.0 Å². The molecule has 1 aliphatic rings. The third-order valence-electron chi connectivity index (χ3n) is 5.48. The summed E-state index contributed by atoms with van der Waals surface area (Å²) in [6.45, 7) is 7.89. The second kappa shape index (κ2) is 6.97. The fraction of sp³-hybridized carbons (Fsp3) is 0.391. The average Bonchev–Trinajstić information content (AvgIpc) is 3.10. The van der Waals surface area contributed by atoms with Crippen LogP contribution in [-0.4, -0.2) is 28.9 Å². The largest absolute Gasteiger partial charge is 0.463 e. The molecular weight excluding hydrogens is 352 g/mol. The summed E-state index contributed by atoms with van der Waals surface area (Å²) in [5.74, 6) is 0.0115. The number of hydrogen-bond acceptors (Lipinski definition) is 3.